The van der Waals surface area contributed by atoms with Crippen LogP contribution < -0.4 is 20.1 Å². The maximum atomic E-state index is 11.3. The third-order valence-electron chi connectivity index (χ3n) is 3.10. The molecule has 0 radical (unpaired) electrons. The van der Waals surface area contributed by atoms with Gasteiger partial charge in [-0.1, -0.05) is 11.6 Å². The highest BCUT2D eigenvalue weighted by molar-refractivity contribution is 6.30. The van der Waals surface area contributed by atoms with Gasteiger partial charge in [-0.2, -0.15) is 0 Å². The van der Waals surface area contributed by atoms with Gasteiger partial charge in [-0.15, -0.1) is 0 Å². The molecule has 1 fully saturated rings. The Hall–Kier alpha value is -1.46. The van der Waals surface area contributed by atoms with Gasteiger partial charge < -0.3 is 20.1 Å². The number of amides is 1. The van der Waals surface area contributed by atoms with Gasteiger partial charge >= 0.3 is 0 Å². The predicted octanol–water partition coefficient (Wildman–Crippen LogP) is 1.73. The number of halogens is 1. The van der Waals surface area contributed by atoms with E-state index < -0.39 is 0 Å². The summed E-state index contributed by atoms with van der Waals surface area (Å²) in [4.78, 5) is 11.3. The normalized spacial score (nSPS) is 13.9. The first-order valence-corrected chi connectivity index (χ1v) is 6.95. The summed E-state index contributed by atoms with van der Waals surface area (Å²) in [7, 11) is 3.12. The van der Waals surface area contributed by atoms with E-state index in [9.17, 15) is 4.79 Å². The second-order valence-corrected chi connectivity index (χ2v) is 5.15. The SMILES string of the molecule is CNC(=O)COc1c(CNC2CC2)cc(Cl)cc1OC. The summed E-state index contributed by atoms with van der Waals surface area (Å²) in [6.07, 6.45) is 2.40. The van der Waals surface area contributed by atoms with Crippen LogP contribution in [-0.4, -0.2) is 32.7 Å². The lowest BCUT2D eigenvalue weighted by molar-refractivity contribution is -0.122. The monoisotopic (exact) mass is 298 g/mol. The van der Waals surface area contributed by atoms with E-state index in [1.165, 1.54) is 12.8 Å². The summed E-state index contributed by atoms with van der Waals surface area (Å²) >= 11 is 6.08. The van der Waals surface area contributed by atoms with Crippen LogP contribution in [0.2, 0.25) is 5.02 Å². The third-order valence-corrected chi connectivity index (χ3v) is 3.32. The molecule has 20 heavy (non-hydrogen) atoms. The van der Waals surface area contributed by atoms with Gasteiger partial charge in [0, 0.05) is 36.3 Å². The number of carbonyl (C=O) groups is 1. The summed E-state index contributed by atoms with van der Waals surface area (Å²) in [6.45, 7) is 0.593. The number of carbonyl (C=O) groups excluding carboxylic acids is 1. The number of hydrogen-bond acceptors (Lipinski definition) is 4. The van der Waals surface area contributed by atoms with Crippen LogP contribution in [0.1, 0.15) is 18.4 Å². The minimum absolute atomic E-state index is 0.0507. The van der Waals surface area contributed by atoms with Crippen LogP contribution in [0.3, 0.4) is 0 Å². The lowest BCUT2D eigenvalue weighted by atomic mass is 10.1. The van der Waals surface area contributed by atoms with Crippen molar-refractivity contribution in [2.45, 2.75) is 25.4 Å². The first-order chi connectivity index (χ1) is 9.63. The van der Waals surface area contributed by atoms with Gasteiger partial charge in [0.1, 0.15) is 0 Å². The second kappa shape index (κ2) is 6.81. The Morgan fingerprint density at radius 1 is 1.45 bits per heavy atom. The van der Waals surface area contributed by atoms with Gasteiger partial charge in [0.15, 0.2) is 18.1 Å². The van der Waals surface area contributed by atoms with E-state index in [1.54, 1.807) is 20.2 Å². The van der Waals surface area contributed by atoms with Crippen molar-refractivity contribution in [3.8, 4) is 11.5 Å². The zero-order valence-electron chi connectivity index (χ0n) is 11.7. The molecule has 0 atom stereocenters. The summed E-state index contributed by atoms with van der Waals surface area (Å²) in [5.41, 5.74) is 0.894. The van der Waals surface area contributed by atoms with Gasteiger partial charge in [0.2, 0.25) is 0 Å². The van der Waals surface area contributed by atoms with Gasteiger partial charge in [0.25, 0.3) is 5.91 Å². The van der Waals surface area contributed by atoms with Crippen LogP contribution in [0, 0.1) is 0 Å². The summed E-state index contributed by atoms with van der Waals surface area (Å²) in [5, 5.41) is 6.50. The third kappa shape index (κ3) is 4.02. The minimum Gasteiger partial charge on any atom is -0.493 e. The molecule has 6 heteroatoms. The maximum Gasteiger partial charge on any atom is 0.257 e. The van der Waals surface area contributed by atoms with Crippen LogP contribution in [0.5, 0.6) is 11.5 Å². The van der Waals surface area contributed by atoms with Crippen molar-refractivity contribution >= 4 is 17.5 Å². The number of benzene rings is 1. The van der Waals surface area contributed by atoms with Crippen molar-refractivity contribution in [2.75, 3.05) is 20.8 Å². The highest BCUT2D eigenvalue weighted by atomic mass is 35.5. The molecule has 1 aliphatic rings. The molecule has 110 valence electrons. The highest BCUT2D eigenvalue weighted by Gasteiger charge is 2.22. The lowest BCUT2D eigenvalue weighted by Gasteiger charge is -2.16. The van der Waals surface area contributed by atoms with E-state index in [4.69, 9.17) is 21.1 Å². The van der Waals surface area contributed by atoms with Crippen molar-refractivity contribution in [3.63, 3.8) is 0 Å². The van der Waals surface area contributed by atoms with Crippen LogP contribution >= 0.6 is 11.6 Å². The van der Waals surface area contributed by atoms with Crippen molar-refractivity contribution < 1.29 is 14.3 Å². The van der Waals surface area contributed by atoms with E-state index in [2.05, 4.69) is 10.6 Å². The van der Waals surface area contributed by atoms with Gasteiger partial charge in [-0.3, -0.25) is 4.79 Å². The quantitative estimate of drug-likeness (QED) is 0.805. The van der Waals surface area contributed by atoms with E-state index in [1.807, 2.05) is 6.07 Å². The number of rotatable bonds is 7. The molecule has 1 aliphatic carbocycles. The highest BCUT2D eigenvalue weighted by Crippen LogP contribution is 2.35. The average Bonchev–Trinajstić information content (AvgIpc) is 3.26. The maximum absolute atomic E-state index is 11.3. The number of likely N-dealkylation sites (N-methyl/N-ethyl adjacent to an activating group) is 1. The molecule has 1 aromatic rings. The van der Waals surface area contributed by atoms with Crippen molar-refractivity contribution in [1.29, 1.82) is 0 Å². The first kappa shape index (κ1) is 14.9. The smallest absolute Gasteiger partial charge is 0.257 e. The fourth-order valence-corrected chi connectivity index (χ4v) is 2.05. The number of hydrogen-bond donors (Lipinski definition) is 2. The largest absolute Gasteiger partial charge is 0.493 e. The Bertz CT molecular complexity index is 490. The summed E-state index contributed by atoms with van der Waals surface area (Å²) in [5.74, 6) is 0.908. The van der Waals surface area contributed by atoms with E-state index in [0.717, 1.165) is 5.56 Å². The van der Waals surface area contributed by atoms with Gasteiger partial charge in [-0.25, -0.2) is 0 Å². The second-order valence-electron chi connectivity index (χ2n) is 4.71. The van der Waals surface area contributed by atoms with Crippen LogP contribution in [0.15, 0.2) is 12.1 Å². The molecule has 0 aromatic heterocycles. The Morgan fingerprint density at radius 2 is 2.20 bits per heavy atom. The average molecular weight is 299 g/mol. The van der Waals surface area contributed by atoms with Crippen LogP contribution in [0.25, 0.3) is 0 Å². The molecule has 0 spiro atoms. The molecule has 2 rings (SSSR count). The summed E-state index contributed by atoms with van der Waals surface area (Å²) < 4.78 is 10.9. The molecule has 0 aliphatic heterocycles. The minimum atomic E-state index is -0.192. The van der Waals surface area contributed by atoms with Crippen molar-refractivity contribution in [3.05, 3.63) is 22.7 Å². The molecule has 0 saturated heterocycles. The standard InChI is InChI=1S/C14H19ClN2O3/c1-16-13(18)8-20-14-9(7-17-11-3-4-11)5-10(15)6-12(14)19-2/h5-6,11,17H,3-4,7-8H2,1-2H3,(H,16,18). The number of ether oxygens (including phenoxy) is 2. The van der Waals surface area contributed by atoms with Crippen LogP contribution in [0.4, 0.5) is 0 Å². The molecule has 1 amide bonds. The molecule has 1 aromatic carbocycles. The van der Waals surface area contributed by atoms with Gasteiger partial charge in [-0.05, 0) is 18.9 Å². The lowest BCUT2D eigenvalue weighted by Crippen LogP contribution is -2.25. The van der Waals surface area contributed by atoms with E-state index >= 15 is 0 Å². The molecule has 0 heterocycles. The van der Waals surface area contributed by atoms with E-state index in [0.29, 0.717) is 29.1 Å². The first-order valence-electron chi connectivity index (χ1n) is 6.57. The molecule has 1 saturated carbocycles. The van der Waals surface area contributed by atoms with Gasteiger partial charge in [0.05, 0.1) is 7.11 Å². The fourth-order valence-electron chi connectivity index (χ4n) is 1.82. The zero-order valence-corrected chi connectivity index (χ0v) is 12.4. The molecule has 2 N–H and O–H groups in total. The Balaban J connectivity index is 2.16. The Morgan fingerprint density at radius 3 is 2.80 bits per heavy atom. The number of methoxy groups -OCH3 is 1. The predicted molar refractivity (Wildman–Crippen MR) is 77.4 cm³/mol. The summed E-state index contributed by atoms with van der Waals surface area (Å²) in [6, 6.07) is 4.09. The molecular formula is C14H19ClN2O3. The van der Waals surface area contributed by atoms with Crippen molar-refractivity contribution in [2.24, 2.45) is 0 Å². The zero-order chi connectivity index (χ0) is 14.5. The molecular weight excluding hydrogens is 280 g/mol. The Kier molecular flexibility index (Phi) is 5.09. The topological polar surface area (TPSA) is 59.6 Å². The molecule has 5 nitrogen and oxygen atoms in total. The van der Waals surface area contributed by atoms with E-state index in [-0.39, 0.29) is 12.5 Å². The van der Waals surface area contributed by atoms with Crippen LogP contribution in [-0.2, 0) is 11.3 Å². The molecule has 0 bridgehead atoms. The Labute approximate surface area is 123 Å². The number of nitrogens with one attached hydrogen (secondary N) is 2. The fraction of sp³-hybridized carbons (Fsp3) is 0.500. The van der Waals surface area contributed by atoms with Crippen molar-refractivity contribution in [1.82, 2.24) is 10.6 Å². The molecule has 0 unspecified atom stereocenters.